The van der Waals surface area contributed by atoms with E-state index in [9.17, 15) is 14.4 Å². The van der Waals surface area contributed by atoms with Gasteiger partial charge in [-0.2, -0.15) is 0 Å². The predicted molar refractivity (Wildman–Crippen MR) is 129 cm³/mol. The normalized spacial score (nSPS) is 14.2. The molecule has 0 radical (unpaired) electrons. The number of aromatic nitrogens is 1. The van der Waals surface area contributed by atoms with Crippen LogP contribution in [0.4, 0.5) is 0 Å². The number of hydrogen-bond donors (Lipinski definition) is 0. The average molecular weight is 483 g/mol. The van der Waals surface area contributed by atoms with Crippen LogP contribution in [0, 0.1) is 6.92 Å². The summed E-state index contributed by atoms with van der Waals surface area (Å²) >= 11 is 5.98. The molecule has 0 unspecified atom stereocenters. The van der Waals surface area contributed by atoms with E-state index >= 15 is 0 Å². The van der Waals surface area contributed by atoms with Crippen molar-refractivity contribution < 1.29 is 23.9 Å². The van der Waals surface area contributed by atoms with Crippen molar-refractivity contribution in [2.75, 3.05) is 20.4 Å². The van der Waals surface area contributed by atoms with Crippen molar-refractivity contribution in [1.29, 1.82) is 0 Å². The summed E-state index contributed by atoms with van der Waals surface area (Å²) in [7, 11) is 1.57. The van der Waals surface area contributed by atoms with Crippen LogP contribution in [0.3, 0.4) is 0 Å². The predicted octanol–water partition coefficient (Wildman–Crippen LogP) is 4.75. The fourth-order valence-electron chi connectivity index (χ4n) is 4.32. The fourth-order valence-corrected chi connectivity index (χ4v) is 4.44. The lowest BCUT2D eigenvalue weighted by molar-refractivity contribution is -0.152. The lowest BCUT2D eigenvalue weighted by atomic mass is 10.1. The van der Waals surface area contributed by atoms with Crippen molar-refractivity contribution in [2.45, 2.75) is 39.0 Å². The molecule has 7 nitrogen and oxygen atoms in total. The standard InChI is InChI=1S/C26H27ClN2O5/c1-17-21(15-25(31)34-16-28-13-5-3-4-6-24(28)30)22-14-20(33-2)11-12-23(22)29(17)26(32)18-7-9-19(27)10-8-18/h7-12,14H,3-6,13,15-16H2,1-2H3. The molecule has 3 aromatic rings. The number of carbonyl (C=O) groups excluding carboxylic acids is 3. The van der Waals surface area contributed by atoms with Crippen LogP contribution in [-0.4, -0.2) is 47.6 Å². The topological polar surface area (TPSA) is 77.8 Å². The van der Waals surface area contributed by atoms with Gasteiger partial charge in [0.15, 0.2) is 6.73 Å². The molecule has 2 aromatic carbocycles. The Labute approximate surface area is 203 Å². The molecule has 178 valence electrons. The van der Waals surface area contributed by atoms with E-state index in [1.54, 1.807) is 59.9 Å². The summed E-state index contributed by atoms with van der Waals surface area (Å²) in [6.07, 6.45) is 3.22. The van der Waals surface area contributed by atoms with Gasteiger partial charge < -0.3 is 14.4 Å². The molecule has 2 heterocycles. The number of fused-ring (bicyclic) bond motifs is 1. The highest BCUT2D eigenvalue weighted by Gasteiger charge is 2.23. The van der Waals surface area contributed by atoms with Gasteiger partial charge in [0.25, 0.3) is 5.91 Å². The first kappa shape index (κ1) is 23.8. The monoisotopic (exact) mass is 482 g/mol. The Bertz CT molecular complexity index is 1230. The number of benzene rings is 2. The van der Waals surface area contributed by atoms with Crippen LogP contribution in [0.25, 0.3) is 10.9 Å². The molecule has 1 aliphatic heterocycles. The zero-order chi connectivity index (χ0) is 24.2. The Balaban J connectivity index is 1.63. The highest BCUT2D eigenvalue weighted by atomic mass is 35.5. The molecule has 0 bridgehead atoms. The lowest BCUT2D eigenvalue weighted by Crippen LogP contribution is -2.33. The molecular weight excluding hydrogens is 456 g/mol. The van der Waals surface area contributed by atoms with Crippen LogP contribution in [0.2, 0.25) is 5.02 Å². The van der Waals surface area contributed by atoms with Crippen LogP contribution in [0.1, 0.15) is 47.3 Å². The van der Waals surface area contributed by atoms with Gasteiger partial charge in [-0.25, -0.2) is 0 Å². The summed E-state index contributed by atoms with van der Waals surface area (Å²) in [5.74, 6) is -0.0511. The number of hydrogen-bond acceptors (Lipinski definition) is 5. The molecule has 1 saturated heterocycles. The highest BCUT2D eigenvalue weighted by molar-refractivity contribution is 6.30. The van der Waals surface area contributed by atoms with E-state index < -0.39 is 5.97 Å². The van der Waals surface area contributed by atoms with Crippen molar-refractivity contribution in [3.63, 3.8) is 0 Å². The number of halogens is 1. The third-order valence-electron chi connectivity index (χ3n) is 6.21. The van der Waals surface area contributed by atoms with Gasteiger partial charge in [-0.05, 0) is 67.8 Å². The summed E-state index contributed by atoms with van der Waals surface area (Å²) in [4.78, 5) is 39.9. The lowest BCUT2D eigenvalue weighted by Gasteiger charge is -2.20. The molecule has 1 aromatic heterocycles. The molecular formula is C26H27ClN2O5. The van der Waals surface area contributed by atoms with E-state index in [-0.39, 0.29) is 25.0 Å². The number of likely N-dealkylation sites (tertiary alicyclic amines) is 1. The van der Waals surface area contributed by atoms with Gasteiger partial charge >= 0.3 is 5.97 Å². The molecule has 1 amide bonds. The van der Waals surface area contributed by atoms with Crippen molar-refractivity contribution in [2.24, 2.45) is 0 Å². The van der Waals surface area contributed by atoms with Crippen LogP contribution < -0.4 is 4.74 Å². The largest absolute Gasteiger partial charge is 0.497 e. The maximum absolute atomic E-state index is 13.4. The van der Waals surface area contributed by atoms with Crippen molar-refractivity contribution in [1.82, 2.24) is 9.47 Å². The van der Waals surface area contributed by atoms with Crippen molar-refractivity contribution in [3.8, 4) is 5.75 Å². The smallest absolute Gasteiger partial charge is 0.312 e. The molecule has 8 heteroatoms. The van der Waals surface area contributed by atoms with Crippen LogP contribution in [0.5, 0.6) is 5.75 Å². The summed E-state index contributed by atoms with van der Waals surface area (Å²) < 4.78 is 12.4. The highest BCUT2D eigenvalue weighted by Crippen LogP contribution is 2.31. The molecule has 0 N–H and O–H groups in total. The van der Waals surface area contributed by atoms with Gasteiger partial charge in [0.2, 0.25) is 5.91 Å². The Morgan fingerprint density at radius 2 is 1.82 bits per heavy atom. The number of nitrogens with zero attached hydrogens (tertiary/aromatic N) is 2. The van der Waals surface area contributed by atoms with Crippen molar-refractivity contribution >= 4 is 40.3 Å². The Hall–Kier alpha value is -3.32. The van der Waals surface area contributed by atoms with Gasteiger partial charge in [0, 0.05) is 34.6 Å². The minimum Gasteiger partial charge on any atom is -0.497 e. The molecule has 0 saturated carbocycles. The van der Waals surface area contributed by atoms with Crippen LogP contribution >= 0.6 is 11.6 Å². The molecule has 34 heavy (non-hydrogen) atoms. The van der Waals surface area contributed by atoms with E-state index in [4.69, 9.17) is 21.1 Å². The van der Waals surface area contributed by atoms with Gasteiger partial charge in [0.1, 0.15) is 5.75 Å². The van der Waals surface area contributed by atoms with Crippen LogP contribution in [-0.2, 0) is 20.7 Å². The molecule has 1 fully saturated rings. The molecule has 0 aliphatic carbocycles. The fraction of sp³-hybridized carbons (Fsp3) is 0.346. The van der Waals surface area contributed by atoms with Gasteiger partial charge in [0.05, 0.1) is 19.0 Å². The number of ether oxygens (including phenoxy) is 2. The molecule has 1 aliphatic rings. The summed E-state index contributed by atoms with van der Waals surface area (Å²) in [6.45, 7) is 2.35. The van der Waals surface area contributed by atoms with E-state index in [2.05, 4.69) is 0 Å². The minimum atomic E-state index is -0.457. The number of rotatable bonds is 6. The second-order valence-electron chi connectivity index (χ2n) is 8.38. The Morgan fingerprint density at radius 1 is 1.06 bits per heavy atom. The second kappa shape index (κ2) is 10.3. The Kier molecular flexibility index (Phi) is 7.22. The first-order valence-corrected chi connectivity index (χ1v) is 11.7. The number of methoxy groups -OCH3 is 1. The molecule has 0 atom stereocenters. The average Bonchev–Trinajstić information content (AvgIpc) is 2.95. The summed E-state index contributed by atoms with van der Waals surface area (Å²) in [6, 6.07) is 12.1. The van der Waals surface area contributed by atoms with Gasteiger partial charge in [-0.15, -0.1) is 0 Å². The summed E-state index contributed by atoms with van der Waals surface area (Å²) in [5, 5.41) is 1.28. The summed E-state index contributed by atoms with van der Waals surface area (Å²) in [5.41, 5.74) is 2.48. The van der Waals surface area contributed by atoms with E-state index in [1.807, 2.05) is 6.07 Å². The zero-order valence-electron chi connectivity index (χ0n) is 19.3. The van der Waals surface area contributed by atoms with Gasteiger partial charge in [-0.1, -0.05) is 18.0 Å². The van der Waals surface area contributed by atoms with Gasteiger partial charge in [-0.3, -0.25) is 19.0 Å². The first-order chi connectivity index (χ1) is 16.4. The van der Waals surface area contributed by atoms with Crippen molar-refractivity contribution in [3.05, 3.63) is 64.3 Å². The quantitative estimate of drug-likeness (QED) is 0.474. The SMILES string of the molecule is COc1ccc2c(c1)c(CC(=O)OCN1CCCCCC1=O)c(C)n2C(=O)c1ccc(Cl)cc1. The number of amides is 1. The number of carbonyl (C=O) groups is 3. The maximum Gasteiger partial charge on any atom is 0.312 e. The molecule has 4 rings (SSSR count). The minimum absolute atomic E-state index is 0.0105. The second-order valence-corrected chi connectivity index (χ2v) is 8.82. The van der Waals surface area contributed by atoms with E-state index in [0.29, 0.717) is 46.1 Å². The van der Waals surface area contributed by atoms with E-state index in [0.717, 1.165) is 24.6 Å². The maximum atomic E-state index is 13.4. The van der Waals surface area contributed by atoms with E-state index in [1.165, 1.54) is 0 Å². The Morgan fingerprint density at radius 3 is 2.56 bits per heavy atom. The third kappa shape index (κ3) is 4.94. The third-order valence-corrected chi connectivity index (χ3v) is 6.46. The van der Waals surface area contributed by atoms with Crippen LogP contribution in [0.15, 0.2) is 42.5 Å². The first-order valence-electron chi connectivity index (χ1n) is 11.3. The molecule has 0 spiro atoms. The zero-order valence-corrected chi connectivity index (χ0v) is 20.1. The number of esters is 1.